The van der Waals surface area contributed by atoms with Crippen molar-refractivity contribution in [3.05, 3.63) is 18.2 Å². The molecule has 6 nitrogen and oxygen atoms in total. The minimum Gasteiger partial charge on any atom is -0.486 e. The van der Waals surface area contributed by atoms with E-state index in [1.165, 1.54) is 6.07 Å². The third kappa shape index (κ3) is 3.46. The molecule has 0 unspecified atom stereocenters. The smallest absolute Gasteiger partial charge is 0.241 e. The summed E-state index contributed by atoms with van der Waals surface area (Å²) in [6, 6.07) is 5.10. The zero-order chi connectivity index (χ0) is 16.6. The van der Waals surface area contributed by atoms with Crippen LogP contribution in [0.5, 0.6) is 11.5 Å². The Balaban J connectivity index is 1.77. The number of likely N-dealkylation sites (tertiary alicyclic amines) is 1. The summed E-state index contributed by atoms with van der Waals surface area (Å²) in [4.78, 5) is 2.51. The number of hydrogen-bond donors (Lipinski definition) is 1. The van der Waals surface area contributed by atoms with Gasteiger partial charge in [-0.2, -0.15) is 0 Å². The molecule has 7 heteroatoms. The Labute approximate surface area is 137 Å². The molecule has 2 heterocycles. The molecule has 0 aliphatic carbocycles. The van der Waals surface area contributed by atoms with Crippen LogP contribution in [0.2, 0.25) is 0 Å². The first-order valence-electron chi connectivity index (χ1n) is 8.03. The van der Waals surface area contributed by atoms with Crippen LogP contribution in [0.4, 0.5) is 0 Å². The molecule has 1 aromatic rings. The summed E-state index contributed by atoms with van der Waals surface area (Å²) in [5, 5.41) is 0. The van der Waals surface area contributed by atoms with Crippen molar-refractivity contribution in [1.82, 2.24) is 9.62 Å². The summed E-state index contributed by atoms with van der Waals surface area (Å²) >= 11 is 0. The number of nitrogens with one attached hydrogen (secondary N) is 1. The van der Waals surface area contributed by atoms with Gasteiger partial charge in [0.2, 0.25) is 10.0 Å². The first kappa shape index (κ1) is 16.5. The van der Waals surface area contributed by atoms with E-state index >= 15 is 0 Å². The quantitative estimate of drug-likeness (QED) is 0.899. The predicted molar refractivity (Wildman–Crippen MR) is 87.4 cm³/mol. The maximum absolute atomic E-state index is 12.7. The van der Waals surface area contributed by atoms with Gasteiger partial charge in [0.05, 0.1) is 4.90 Å². The van der Waals surface area contributed by atoms with E-state index in [2.05, 4.69) is 30.4 Å². The number of sulfonamides is 1. The summed E-state index contributed by atoms with van der Waals surface area (Å²) in [6.45, 7) is 8.91. The summed E-state index contributed by atoms with van der Waals surface area (Å²) in [7, 11) is -3.57. The van der Waals surface area contributed by atoms with E-state index in [0.717, 1.165) is 13.1 Å². The molecule has 1 saturated heterocycles. The van der Waals surface area contributed by atoms with E-state index in [1.807, 2.05) is 0 Å². The van der Waals surface area contributed by atoms with Crippen molar-refractivity contribution in [2.24, 2.45) is 5.92 Å². The van der Waals surface area contributed by atoms with Crippen LogP contribution in [-0.4, -0.2) is 51.7 Å². The fraction of sp³-hybridized carbons (Fsp3) is 0.625. The van der Waals surface area contributed by atoms with Gasteiger partial charge in [0.15, 0.2) is 11.5 Å². The van der Waals surface area contributed by atoms with Gasteiger partial charge in [-0.3, -0.25) is 4.90 Å². The van der Waals surface area contributed by atoms with Crippen molar-refractivity contribution in [1.29, 1.82) is 0 Å². The average Bonchev–Trinajstić information content (AvgIpc) is 2.87. The van der Waals surface area contributed by atoms with Crippen LogP contribution in [0.15, 0.2) is 23.1 Å². The minimum atomic E-state index is -3.57. The highest BCUT2D eigenvalue weighted by Gasteiger charge is 2.34. The highest BCUT2D eigenvalue weighted by molar-refractivity contribution is 7.89. The van der Waals surface area contributed by atoms with E-state index in [0.29, 0.717) is 30.8 Å². The number of nitrogens with zero attached hydrogens (tertiary/aromatic N) is 1. The first-order chi connectivity index (χ1) is 10.9. The van der Waals surface area contributed by atoms with Crippen LogP contribution >= 0.6 is 0 Å². The van der Waals surface area contributed by atoms with Gasteiger partial charge in [0, 0.05) is 31.2 Å². The lowest BCUT2D eigenvalue weighted by molar-refractivity contribution is 0.171. The predicted octanol–water partition coefficient (Wildman–Crippen LogP) is 1.46. The Morgan fingerprint density at radius 2 is 1.87 bits per heavy atom. The van der Waals surface area contributed by atoms with Crippen LogP contribution < -0.4 is 14.2 Å². The van der Waals surface area contributed by atoms with Crippen molar-refractivity contribution in [3.8, 4) is 11.5 Å². The molecule has 1 N–H and O–H groups in total. The van der Waals surface area contributed by atoms with E-state index in [-0.39, 0.29) is 16.9 Å². The van der Waals surface area contributed by atoms with E-state index in [1.54, 1.807) is 12.1 Å². The highest BCUT2D eigenvalue weighted by Crippen LogP contribution is 2.32. The highest BCUT2D eigenvalue weighted by atomic mass is 32.2. The summed E-state index contributed by atoms with van der Waals surface area (Å²) in [5.41, 5.74) is 0. The van der Waals surface area contributed by atoms with Crippen molar-refractivity contribution in [2.75, 3.05) is 26.3 Å². The second-order valence-corrected chi connectivity index (χ2v) is 8.27. The molecule has 0 amide bonds. The van der Waals surface area contributed by atoms with Gasteiger partial charge in [-0.15, -0.1) is 0 Å². The summed E-state index contributed by atoms with van der Waals surface area (Å²) < 4.78 is 39.1. The summed E-state index contributed by atoms with van der Waals surface area (Å²) in [5.74, 6) is 1.36. The SMILES string of the molecule is CC(C)N1C[C@@H](C)[C@H](NS(=O)(=O)c2ccc3c(c2)OCCO3)C1. The molecule has 0 aromatic heterocycles. The Kier molecular flexibility index (Phi) is 4.53. The van der Waals surface area contributed by atoms with Crippen LogP contribution in [0, 0.1) is 5.92 Å². The fourth-order valence-electron chi connectivity index (χ4n) is 3.04. The molecule has 2 atom stereocenters. The molecule has 1 aromatic carbocycles. The largest absolute Gasteiger partial charge is 0.486 e. The van der Waals surface area contributed by atoms with Crippen molar-refractivity contribution in [2.45, 2.75) is 37.8 Å². The number of fused-ring (bicyclic) bond motifs is 1. The number of ether oxygens (including phenoxy) is 2. The molecule has 0 spiro atoms. The topological polar surface area (TPSA) is 67.9 Å². The monoisotopic (exact) mass is 340 g/mol. The number of rotatable bonds is 4. The maximum Gasteiger partial charge on any atom is 0.241 e. The molecule has 0 saturated carbocycles. The lowest BCUT2D eigenvalue weighted by Crippen LogP contribution is -2.40. The van der Waals surface area contributed by atoms with Crippen molar-refractivity contribution >= 4 is 10.0 Å². The second-order valence-electron chi connectivity index (χ2n) is 6.56. The zero-order valence-electron chi connectivity index (χ0n) is 13.8. The molecule has 0 radical (unpaired) electrons. The minimum absolute atomic E-state index is 0.0735. The van der Waals surface area contributed by atoms with E-state index in [4.69, 9.17) is 9.47 Å². The van der Waals surface area contributed by atoms with Crippen LogP contribution in [0.25, 0.3) is 0 Å². The molecule has 0 bridgehead atoms. The summed E-state index contributed by atoms with van der Waals surface area (Å²) in [6.07, 6.45) is 0. The van der Waals surface area contributed by atoms with Gasteiger partial charge in [-0.05, 0) is 31.9 Å². The van der Waals surface area contributed by atoms with Crippen molar-refractivity contribution < 1.29 is 17.9 Å². The maximum atomic E-state index is 12.7. The fourth-order valence-corrected chi connectivity index (χ4v) is 4.39. The Morgan fingerprint density at radius 1 is 1.17 bits per heavy atom. The van der Waals surface area contributed by atoms with Gasteiger partial charge in [0.1, 0.15) is 13.2 Å². The Morgan fingerprint density at radius 3 is 2.52 bits per heavy atom. The third-order valence-corrected chi connectivity index (χ3v) is 5.99. The lowest BCUT2D eigenvalue weighted by Gasteiger charge is -2.21. The molecule has 2 aliphatic rings. The number of hydrogen-bond acceptors (Lipinski definition) is 5. The lowest BCUT2D eigenvalue weighted by atomic mass is 10.1. The van der Waals surface area contributed by atoms with Crippen LogP contribution in [-0.2, 0) is 10.0 Å². The Hall–Kier alpha value is -1.31. The zero-order valence-corrected chi connectivity index (χ0v) is 14.6. The van der Waals surface area contributed by atoms with Crippen LogP contribution in [0.1, 0.15) is 20.8 Å². The Bertz CT molecular complexity index is 675. The first-order valence-corrected chi connectivity index (χ1v) is 9.51. The molecule has 2 aliphatic heterocycles. The van der Waals surface area contributed by atoms with Gasteiger partial charge in [-0.25, -0.2) is 13.1 Å². The average molecular weight is 340 g/mol. The standard InChI is InChI=1S/C16H24N2O4S/c1-11(2)18-9-12(3)14(10-18)17-23(19,20)13-4-5-15-16(8-13)22-7-6-21-15/h4-5,8,11-12,14,17H,6-7,9-10H2,1-3H3/t12-,14-/m1/s1. The van der Waals surface area contributed by atoms with Gasteiger partial charge in [0.25, 0.3) is 0 Å². The molecular formula is C16H24N2O4S. The van der Waals surface area contributed by atoms with Crippen LogP contribution in [0.3, 0.4) is 0 Å². The molecule has 23 heavy (non-hydrogen) atoms. The number of benzene rings is 1. The van der Waals surface area contributed by atoms with Gasteiger partial charge >= 0.3 is 0 Å². The van der Waals surface area contributed by atoms with Crippen molar-refractivity contribution in [3.63, 3.8) is 0 Å². The van der Waals surface area contributed by atoms with Gasteiger partial charge in [-0.1, -0.05) is 6.92 Å². The second kappa shape index (κ2) is 6.30. The normalized spacial score (nSPS) is 25.0. The molecular weight excluding hydrogens is 316 g/mol. The van der Waals surface area contributed by atoms with E-state index < -0.39 is 10.0 Å². The molecule has 1 fully saturated rings. The van der Waals surface area contributed by atoms with E-state index in [9.17, 15) is 8.42 Å². The molecule has 3 rings (SSSR count). The molecule has 128 valence electrons. The van der Waals surface area contributed by atoms with Gasteiger partial charge < -0.3 is 9.47 Å². The third-order valence-electron chi connectivity index (χ3n) is 4.50.